The number of aliphatic hydroxyl groups excluding tert-OH is 2. The number of nitrogens with zero attached hydrogens (tertiary/aromatic N) is 2. The van der Waals surface area contributed by atoms with E-state index >= 15 is 0 Å². The van der Waals surface area contributed by atoms with Gasteiger partial charge in [-0.05, 0) is 85.0 Å². The van der Waals surface area contributed by atoms with E-state index in [-0.39, 0.29) is 46.8 Å². The smallest absolute Gasteiger partial charge is 0.255 e. The molecule has 240 valence electrons. The maximum Gasteiger partial charge on any atom is 0.255 e. The number of phenolic OH excluding ortho intramolecular Hbond substituents is 1. The molecule has 3 aliphatic carbocycles. The van der Waals surface area contributed by atoms with Gasteiger partial charge in [-0.25, -0.2) is 0 Å². The van der Waals surface area contributed by atoms with Gasteiger partial charge in [0.15, 0.2) is 11.4 Å². The highest BCUT2D eigenvalue weighted by Gasteiger charge is 2.64. The topological polar surface area (TPSA) is 189 Å². The van der Waals surface area contributed by atoms with E-state index in [0.29, 0.717) is 11.3 Å². The van der Waals surface area contributed by atoms with Crippen LogP contribution in [0.4, 0.5) is 11.4 Å². The van der Waals surface area contributed by atoms with Crippen LogP contribution in [0, 0.1) is 11.8 Å². The maximum atomic E-state index is 14.2. The Morgan fingerprint density at radius 1 is 1.05 bits per heavy atom. The largest absolute Gasteiger partial charge is 0.508 e. The van der Waals surface area contributed by atoms with E-state index in [2.05, 4.69) is 38.3 Å². The summed E-state index contributed by atoms with van der Waals surface area (Å²) in [5.41, 5.74) is 3.23. The minimum atomic E-state index is -2.67. The van der Waals surface area contributed by atoms with Crippen LogP contribution >= 0.6 is 0 Å². The number of aromatic hydroxyl groups is 1. The Bertz CT molecular complexity index is 1510. The minimum absolute atomic E-state index is 0.0128. The van der Waals surface area contributed by atoms with Crippen molar-refractivity contribution in [3.05, 3.63) is 34.1 Å². The number of aliphatic hydroxyl groups is 3. The Morgan fingerprint density at radius 2 is 1.64 bits per heavy atom. The van der Waals surface area contributed by atoms with Gasteiger partial charge in [0.05, 0.1) is 17.3 Å². The van der Waals surface area contributed by atoms with E-state index in [0.717, 1.165) is 18.5 Å². The van der Waals surface area contributed by atoms with Gasteiger partial charge in [-0.2, -0.15) is 0 Å². The average Bonchev–Trinajstić information content (AvgIpc) is 2.85. The van der Waals surface area contributed by atoms with Crippen molar-refractivity contribution in [2.45, 2.75) is 82.1 Å². The summed E-state index contributed by atoms with van der Waals surface area (Å²) in [5, 5.41) is 53.5. The van der Waals surface area contributed by atoms with Crippen molar-refractivity contribution in [3.63, 3.8) is 0 Å². The molecular formula is C32H45N5O7. The van der Waals surface area contributed by atoms with Gasteiger partial charge < -0.3 is 41.7 Å². The zero-order valence-corrected chi connectivity index (χ0v) is 26.7. The van der Waals surface area contributed by atoms with Crippen LogP contribution in [0.1, 0.15) is 58.1 Å². The number of fused-ring (bicyclic) bond motifs is 3. The van der Waals surface area contributed by atoms with Gasteiger partial charge in [0.1, 0.15) is 22.8 Å². The van der Waals surface area contributed by atoms with Crippen molar-refractivity contribution in [1.29, 1.82) is 0 Å². The Hall–Kier alpha value is -3.61. The predicted molar refractivity (Wildman–Crippen MR) is 167 cm³/mol. The number of Topliss-reactive ketones (excluding diaryl/α,β-unsaturated/α-hetero) is 2. The van der Waals surface area contributed by atoms with Crippen molar-refractivity contribution in [3.8, 4) is 5.75 Å². The van der Waals surface area contributed by atoms with Crippen LogP contribution in [0.3, 0.4) is 0 Å². The standard InChI is InChI=1S/C32H45N5O7/c1-30(2)12-15(13-31(3,4)35-30)34-18-11-19(36(5)6)16-9-14-10-17-23(37(7)8)26(40)22(29(33)43)28(42)32(17,44)27(41)20(14)25(39)21(16)24(18)38/h11,14-15,17,23,34-35,38-39,42,44H,9-10,12-13H2,1-8H3,(H2,33,43)/t14-,17-,23-,32-/m1/s1. The molecule has 12 nitrogen and oxygen atoms in total. The van der Waals surface area contributed by atoms with Gasteiger partial charge in [0, 0.05) is 48.4 Å². The van der Waals surface area contributed by atoms with Crippen molar-refractivity contribution < 1.29 is 34.8 Å². The van der Waals surface area contributed by atoms with E-state index in [1.165, 1.54) is 4.90 Å². The lowest BCUT2D eigenvalue weighted by molar-refractivity contribution is -0.153. The molecule has 2 fully saturated rings. The zero-order chi connectivity index (χ0) is 32.8. The van der Waals surface area contributed by atoms with Crippen LogP contribution in [0.25, 0.3) is 5.76 Å². The number of ketones is 2. The normalized spacial score (nSPS) is 29.7. The molecule has 0 aromatic heterocycles. The summed E-state index contributed by atoms with van der Waals surface area (Å²) >= 11 is 0. The van der Waals surface area contributed by atoms with E-state index in [1.807, 2.05) is 25.1 Å². The summed E-state index contributed by atoms with van der Waals surface area (Å²) in [6.45, 7) is 8.49. The second-order valence-electron chi connectivity index (χ2n) is 14.6. The van der Waals surface area contributed by atoms with Crippen molar-refractivity contribution in [2.24, 2.45) is 17.6 Å². The van der Waals surface area contributed by atoms with E-state index in [9.17, 15) is 34.8 Å². The SMILES string of the molecule is CN(C)c1cc(NC2CC(C)(C)NC(C)(C)C2)c(O)c2c1C[C@@H]1C[C@@H]3[C@@H](N(C)C)C(=O)C(C(N)=O)=C(O)[C@]3(O)C(=O)C1=C2O. The molecule has 8 N–H and O–H groups in total. The average molecular weight is 612 g/mol. The van der Waals surface area contributed by atoms with E-state index in [4.69, 9.17) is 5.73 Å². The van der Waals surface area contributed by atoms with Crippen LogP contribution in [-0.4, -0.2) is 99.8 Å². The lowest BCUT2D eigenvalue weighted by Crippen LogP contribution is -2.65. The fourth-order valence-corrected chi connectivity index (χ4v) is 8.45. The number of nitrogens with one attached hydrogen (secondary N) is 2. The third kappa shape index (κ3) is 4.74. The monoisotopic (exact) mass is 611 g/mol. The highest BCUT2D eigenvalue weighted by Crippen LogP contribution is 2.54. The van der Waals surface area contributed by atoms with Crippen LogP contribution in [-0.2, 0) is 20.8 Å². The molecule has 0 bridgehead atoms. The lowest BCUT2D eigenvalue weighted by Gasteiger charge is -2.50. The number of piperidine rings is 1. The second-order valence-corrected chi connectivity index (χ2v) is 14.6. The number of likely N-dealkylation sites (N-methyl/N-ethyl adjacent to an activating group) is 1. The number of carbonyl (C=O) groups excluding carboxylic acids is 3. The molecule has 1 saturated carbocycles. The molecule has 0 radical (unpaired) electrons. The number of nitrogens with two attached hydrogens (primary N) is 1. The van der Waals surface area contributed by atoms with E-state index in [1.54, 1.807) is 14.1 Å². The third-order valence-electron chi connectivity index (χ3n) is 9.73. The van der Waals surface area contributed by atoms with Gasteiger partial charge in [0.25, 0.3) is 5.91 Å². The second kappa shape index (κ2) is 10.2. The highest BCUT2D eigenvalue weighted by molar-refractivity contribution is 6.24. The molecule has 4 aliphatic rings. The van der Waals surface area contributed by atoms with Crippen LogP contribution in [0.2, 0.25) is 0 Å². The summed E-state index contributed by atoms with van der Waals surface area (Å²) in [6, 6.07) is 0.705. The summed E-state index contributed by atoms with van der Waals surface area (Å²) < 4.78 is 0. The number of carbonyl (C=O) groups is 3. The molecule has 4 atom stereocenters. The number of benzene rings is 1. The number of rotatable bonds is 5. The number of anilines is 2. The Morgan fingerprint density at radius 3 is 2.16 bits per heavy atom. The highest BCUT2D eigenvalue weighted by atomic mass is 16.3. The third-order valence-corrected chi connectivity index (χ3v) is 9.73. The fraction of sp³-hybridized carbons (Fsp3) is 0.594. The first-order chi connectivity index (χ1) is 20.2. The number of hydrogen-bond donors (Lipinski definition) is 7. The van der Waals surface area contributed by atoms with Crippen molar-refractivity contribution in [1.82, 2.24) is 10.2 Å². The molecular weight excluding hydrogens is 566 g/mol. The van der Waals surface area contributed by atoms with Crippen LogP contribution in [0.5, 0.6) is 5.75 Å². The molecule has 1 aromatic carbocycles. The van der Waals surface area contributed by atoms with Gasteiger partial charge >= 0.3 is 0 Å². The first-order valence-electron chi connectivity index (χ1n) is 15.0. The van der Waals surface area contributed by atoms with Gasteiger partial charge in [-0.3, -0.25) is 19.3 Å². The summed E-state index contributed by atoms with van der Waals surface area (Å²) in [4.78, 5) is 43.1. The fourth-order valence-electron chi connectivity index (χ4n) is 8.45. The van der Waals surface area contributed by atoms with Gasteiger partial charge in [-0.1, -0.05) is 0 Å². The van der Waals surface area contributed by atoms with Gasteiger partial charge in [-0.15, -0.1) is 0 Å². The quantitative estimate of drug-likeness (QED) is 0.190. The summed E-state index contributed by atoms with van der Waals surface area (Å²) in [6.07, 6.45) is 1.81. The lowest BCUT2D eigenvalue weighted by atomic mass is 9.57. The molecule has 1 heterocycles. The Labute approximate surface area is 257 Å². The molecule has 5 rings (SSSR count). The molecule has 44 heavy (non-hydrogen) atoms. The van der Waals surface area contributed by atoms with Crippen LogP contribution in [0.15, 0.2) is 23.0 Å². The maximum absolute atomic E-state index is 14.2. The first kappa shape index (κ1) is 31.8. The molecule has 1 saturated heterocycles. The summed E-state index contributed by atoms with van der Waals surface area (Å²) in [7, 11) is 6.86. The molecule has 0 unspecified atom stereocenters. The summed E-state index contributed by atoms with van der Waals surface area (Å²) in [5.74, 6) is -6.65. The Balaban J connectivity index is 1.67. The zero-order valence-electron chi connectivity index (χ0n) is 26.7. The number of primary amides is 1. The molecule has 1 aliphatic heterocycles. The number of phenols is 1. The molecule has 1 aromatic rings. The first-order valence-corrected chi connectivity index (χ1v) is 15.0. The van der Waals surface area contributed by atoms with Gasteiger partial charge in [0.2, 0.25) is 5.78 Å². The molecule has 0 spiro atoms. The van der Waals surface area contributed by atoms with E-state index < -0.39 is 58.0 Å². The minimum Gasteiger partial charge on any atom is -0.508 e. The number of hydrogen-bond acceptors (Lipinski definition) is 11. The van der Waals surface area contributed by atoms with Crippen molar-refractivity contribution in [2.75, 3.05) is 38.4 Å². The Kier molecular flexibility index (Phi) is 7.38. The molecule has 12 heteroatoms. The predicted octanol–water partition coefficient (Wildman–Crippen LogP) is 1.75. The van der Waals surface area contributed by atoms with Crippen molar-refractivity contribution >= 4 is 34.6 Å². The van der Waals surface area contributed by atoms with Crippen LogP contribution < -0.4 is 21.3 Å². The number of amides is 1. The molecule has 1 amide bonds.